The fraction of sp³-hybridized carbons (Fsp3) is 0.600. The summed E-state index contributed by atoms with van der Waals surface area (Å²) >= 11 is 0. The Morgan fingerprint density at radius 2 is 2.10 bits per heavy atom. The Morgan fingerprint density at radius 3 is 2.81 bits per heavy atom. The molecule has 6 heteroatoms. The van der Waals surface area contributed by atoms with Crippen LogP contribution in [0.4, 0.5) is 0 Å². The van der Waals surface area contributed by atoms with Gasteiger partial charge >= 0.3 is 0 Å². The van der Waals surface area contributed by atoms with Crippen molar-refractivity contribution in [3.8, 4) is 0 Å². The molecule has 0 bridgehead atoms. The van der Waals surface area contributed by atoms with Gasteiger partial charge in [-0.15, -0.1) is 0 Å². The number of ether oxygens (including phenoxy) is 1. The molecule has 1 aliphatic rings. The van der Waals surface area contributed by atoms with E-state index in [0.717, 1.165) is 36.2 Å². The summed E-state index contributed by atoms with van der Waals surface area (Å²) in [5.41, 5.74) is 2.93. The highest BCUT2D eigenvalue weighted by Crippen LogP contribution is 2.26. The lowest BCUT2D eigenvalue weighted by Crippen LogP contribution is -2.33. The molecule has 1 aromatic rings. The smallest absolute Gasteiger partial charge is 0.268 e. The number of hydrogen-bond acceptors (Lipinski definition) is 4. The molecule has 0 atom stereocenters. The van der Waals surface area contributed by atoms with Crippen molar-refractivity contribution in [1.29, 1.82) is 0 Å². The van der Waals surface area contributed by atoms with Crippen molar-refractivity contribution in [3.05, 3.63) is 22.5 Å². The van der Waals surface area contributed by atoms with Crippen LogP contribution in [0.3, 0.4) is 0 Å². The number of hydrogen-bond donors (Lipinski definition) is 3. The van der Waals surface area contributed by atoms with Crippen LogP contribution in [0.25, 0.3) is 0 Å². The van der Waals surface area contributed by atoms with Crippen molar-refractivity contribution in [2.75, 3.05) is 33.4 Å². The first kappa shape index (κ1) is 15.7. The van der Waals surface area contributed by atoms with Crippen molar-refractivity contribution in [3.63, 3.8) is 0 Å². The van der Waals surface area contributed by atoms with Crippen LogP contribution in [-0.4, -0.2) is 50.0 Å². The Morgan fingerprint density at radius 1 is 1.29 bits per heavy atom. The van der Waals surface area contributed by atoms with E-state index < -0.39 is 0 Å². The van der Waals surface area contributed by atoms with Gasteiger partial charge in [0.25, 0.3) is 5.91 Å². The monoisotopic (exact) mass is 293 g/mol. The van der Waals surface area contributed by atoms with Gasteiger partial charge in [0.2, 0.25) is 0 Å². The number of fused-ring (bicyclic) bond motifs is 1. The van der Waals surface area contributed by atoms with E-state index in [-0.39, 0.29) is 11.7 Å². The maximum atomic E-state index is 12.2. The molecule has 6 nitrogen and oxygen atoms in total. The third kappa shape index (κ3) is 3.71. The van der Waals surface area contributed by atoms with E-state index in [4.69, 9.17) is 4.74 Å². The van der Waals surface area contributed by atoms with E-state index in [1.807, 2.05) is 6.92 Å². The summed E-state index contributed by atoms with van der Waals surface area (Å²) in [4.78, 5) is 27.2. The van der Waals surface area contributed by atoms with Crippen LogP contribution >= 0.6 is 0 Å². The fourth-order valence-corrected chi connectivity index (χ4v) is 2.65. The Hall–Kier alpha value is -1.66. The van der Waals surface area contributed by atoms with Gasteiger partial charge < -0.3 is 20.4 Å². The second kappa shape index (κ2) is 7.38. The summed E-state index contributed by atoms with van der Waals surface area (Å²) in [6.45, 7) is 4.48. The number of methoxy groups -OCH3 is 1. The number of aromatic amines is 1. The molecule has 3 N–H and O–H groups in total. The van der Waals surface area contributed by atoms with Gasteiger partial charge in [-0.25, -0.2) is 0 Å². The molecule has 1 heterocycles. The number of aryl methyl sites for hydroxylation is 1. The Bertz CT molecular complexity index is 522. The lowest BCUT2D eigenvalue weighted by Gasteiger charge is -2.09. The number of ketones is 1. The molecule has 0 saturated carbocycles. The minimum atomic E-state index is -0.150. The molecule has 1 amide bonds. The first-order valence-corrected chi connectivity index (χ1v) is 7.37. The van der Waals surface area contributed by atoms with Gasteiger partial charge in [0.1, 0.15) is 5.69 Å². The summed E-state index contributed by atoms with van der Waals surface area (Å²) in [5.74, 6) is -0.00600. The molecule has 0 radical (unpaired) electrons. The molecular formula is C15H23N3O3. The molecule has 0 fully saturated rings. The van der Waals surface area contributed by atoms with Gasteiger partial charge in [0.15, 0.2) is 5.78 Å². The number of H-pyrrole nitrogens is 1. The summed E-state index contributed by atoms with van der Waals surface area (Å²) in [7, 11) is 1.65. The van der Waals surface area contributed by atoms with Gasteiger partial charge in [-0.3, -0.25) is 9.59 Å². The third-order valence-corrected chi connectivity index (χ3v) is 3.73. The summed E-state index contributed by atoms with van der Waals surface area (Å²) in [6.07, 6.45) is 2.28. The van der Waals surface area contributed by atoms with Crippen LogP contribution in [0.2, 0.25) is 0 Å². The Balaban J connectivity index is 1.90. The topological polar surface area (TPSA) is 83.2 Å². The first-order valence-electron chi connectivity index (χ1n) is 7.37. The second-order valence-corrected chi connectivity index (χ2v) is 5.25. The number of nitrogens with one attached hydrogen (secondary N) is 3. The molecule has 1 aliphatic carbocycles. The molecule has 0 spiro atoms. The molecule has 1 aromatic heterocycles. The van der Waals surface area contributed by atoms with Crippen LogP contribution in [0.5, 0.6) is 0 Å². The van der Waals surface area contributed by atoms with Crippen LogP contribution in [0.1, 0.15) is 44.9 Å². The predicted octanol–water partition coefficient (Wildman–Crippen LogP) is 0.808. The predicted molar refractivity (Wildman–Crippen MR) is 79.9 cm³/mol. The molecule has 0 saturated heterocycles. The zero-order valence-corrected chi connectivity index (χ0v) is 12.7. The summed E-state index contributed by atoms with van der Waals surface area (Å²) < 4.78 is 4.92. The minimum absolute atomic E-state index is 0.144. The average Bonchev–Trinajstić information content (AvgIpc) is 2.81. The number of carbonyl (C=O) groups excluding carboxylic acids is 2. The highest BCUT2D eigenvalue weighted by molar-refractivity contribution is 6.04. The van der Waals surface area contributed by atoms with Crippen molar-refractivity contribution < 1.29 is 14.3 Å². The SMILES string of the molecule is COCCNCCNC(=O)c1[nH]c2c(c1C)C(=O)CCC2. The second-order valence-electron chi connectivity index (χ2n) is 5.25. The van der Waals surface area contributed by atoms with E-state index in [2.05, 4.69) is 15.6 Å². The molecule has 0 aromatic carbocycles. The van der Waals surface area contributed by atoms with Gasteiger partial charge in [-0.1, -0.05) is 0 Å². The first-order chi connectivity index (χ1) is 10.1. The zero-order chi connectivity index (χ0) is 15.2. The lowest BCUT2D eigenvalue weighted by atomic mass is 9.94. The van der Waals surface area contributed by atoms with Crippen LogP contribution < -0.4 is 10.6 Å². The third-order valence-electron chi connectivity index (χ3n) is 3.73. The molecule has 21 heavy (non-hydrogen) atoms. The number of amides is 1. The van der Waals surface area contributed by atoms with Crippen molar-refractivity contribution >= 4 is 11.7 Å². The van der Waals surface area contributed by atoms with E-state index in [9.17, 15) is 9.59 Å². The summed E-state index contributed by atoms with van der Waals surface area (Å²) in [6, 6.07) is 0. The quantitative estimate of drug-likeness (QED) is 0.650. The van der Waals surface area contributed by atoms with Gasteiger partial charge in [-0.05, 0) is 25.3 Å². The number of Topliss-reactive ketones (excluding diaryl/α,β-unsaturated/α-hetero) is 1. The normalized spacial score (nSPS) is 14.1. The Labute approximate surface area is 124 Å². The van der Waals surface area contributed by atoms with E-state index in [1.165, 1.54) is 0 Å². The highest BCUT2D eigenvalue weighted by Gasteiger charge is 2.25. The standard InChI is InChI=1S/C15H23N3O3/c1-10-13-11(4-3-5-12(13)19)18-14(10)15(20)17-7-6-16-8-9-21-2/h16,18H,3-9H2,1-2H3,(H,17,20). The number of carbonyl (C=O) groups is 2. The Kier molecular flexibility index (Phi) is 5.52. The lowest BCUT2D eigenvalue weighted by molar-refractivity contribution is 0.0947. The maximum Gasteiger partial charge on any atom is 0.268 e. The number of aromatic nitrogens is 1. The average molecular weight is 293 g/mol. The van der Waals surface area contributed by atoms with Crippen molar-refractivity contribution in [1.82, 2.24) is 15.6 Å². The van der Waals surface area contributed by atoms with Gasteiger partial charge in [-0.2, -0.15) is 0 Å². The highest BCUT2D eigenvalue weighted by atomic mass is 16.5. The van der Waals surface area contributed by atoms with Crippen LogP contribution in [-0.2, 0) is 11.2 Å². The summed E-state index contributed by atoms with van der Waals surface area (Å²) in [5, 5.41) is 6.02. The molecule has 2 rings (SSSR count). The van der Waals surface area contributed by atoms with Crippen LogP contribution in [0.15, 0.2) is 0 Å². The molecule has 116 valence electrons. The molecular weight excluding hydrogens is 270 g/mol. The fourth-order valence-electron chi connectivity index (χ4n) is 2.65. The zero-order valence-electron chi connectivity index (χ0n) is 12.7. The number of rotatable bonds is 7. The maximum absolute atomic E-state index is 12.2. The van der Waals surface area contributed by atoms with Gasteiger partial charge in [0, 0.05) is 44.4 Å². The largest absolute Gasteiger partial charge is 0.383 e. The van der Waals surface area contributed by atoms with Crippen LogP contribution in [0, 0.1) is 6.92 Å². The van der Waals surface area contributed by atoms with E-state index in [1.54, 1.807) is 7.11 Å². The van der Waals surface area contributed by atoms with E-state index >= 15 is 0 Å². The molecule has 0 aliphatic heterocycles. The van der Waals surface area contributed by atoms with Gasteiger partial charge in [0.05, 0.1) is 6.61 Å². The molecule has 0 unspecified atom stereocenters. The minimum Gasteiger partial charge on any atom is -0.383 e. The van der Waals surface area contributed by atoms with Crippen molar-refractivity contribution in [2.24, 2.45) is 0 Å². The van der Waals surface area contributed by atoms with E-state index in [0.29, 0.717) is 31.8 Å². The van der Waals surface area contributed by atoms with Crippen molar-refractivity contribution in [2.45, 2.75) is 26.2 Å².